The van der Waals surface area contributed by atoms with Gasteiger partial charge >= 0.3 is 0 Å². The quantitative estimate of drug-likeness (QED) is 0.755. The minimum Gasteiger partial charge on any atom is -0.384 e. The zero-order valence-corrected chi connectivity index (χ0v) is 11.7. The highest BCUT2D eigenvalue weighted by molar-refractivity contribution is 6.42. The Kier molecular flexibility index (Phi) is 3.30. The Morgan fingerprint density at radius 1 is 1.00 bits per heavy atom. The molecule has 2 aromatic heterocycles. The minimum absolute atomic E-state index is 0.414. The summed E-state index contributed by atoms with van der Waals surface area (Å²) in [6.07, 6.45) is 3.09. The van der Waals surface area contributed by atoms with Crippen molar-refractivity contribution in [1.82, 2.24) is 15.0 Å². The van der Waals surface area contributed by atoms with E-state index in [1.807, 2.05) is 6.07 Å². The summed E-state index contributed by atoms with van der Waals surface area (Å²) in [6, 6.07) is 6.94. The molecule has 0 saturated heterocycles. The van der Waals surface area contributed by atoms with E-state index in [-0.39, 0.29) is 0 Å². The van der Waals surface area contributed by atoms with Crippen LogP contribution in [0.2, 0.25) is 10.0 Å². The van der Waals surface area contributed by atoms with E-state index in [1.165, 1.54) is 6.33 Å². The van der Waals surface area contributed by atoms with Gasteiger partial charge in [0.1, 0.15) is 18.0 Å². The average Bonchev–Trinajstić information content (AvgIpc) is 2.43. The molecule has 0 fully saturated rings. The summed E-state index contributed by atoms with van der Waals surface area (Å²) < 4.78 is 0. The van der Waals surface area contributed by atoms with Gasteiger partial charge in [0.05, 0.1) is 20.9 Å². The number of hydrogen-bond donors (Lipinski definition) is 2. The Morgan fingerprint density at radius 2 is 1.85 bits per heavy atom. The summed E-state index contributed by atoms with van der Waals surface area (Å²) in [5.41, 5.74) is 7.13. The van der Waals surface area contributed by atoms with Crippen molar-refractivity contribution in [3.8, 4) is 0 Å². The van der Waals surface area contributed by atoms with E-state index in [0.29, 0.717) is 21.7 Å². The molecule has 100 valence electrons. The summed E-state index contributed by atoms with van der Waals surface area (Å²) in [6.45, 7) is 0. The van der Waals surface area contributed by atoms with Crippen LogP contribution in [0.3, 0.4) is 0 Å². The molecule has 0 aliphatic carbocycles. The van der Waals surface area contributed by atoms with E-state index in [1.54, 1.807) is 24.4 Å². The topological polar surface area (TPSA) is 76.7 Å². The number of anilines is 3. The lowest BCUT2D eigenvalue weighted by Crippen LogP contribution is -1.98. The Bertz CT molecular complexity index is 791. The minimum atomic E-state index is 0.414. The monoisotopic (exact) mass is 305 g/mol. The van der Waals surface area contributed by atoms with Crippen molar-refractivity contribution >= 4 is 51.4 Å². The van der Waals surface area contributed by atoms with E-state index in [4.69, 9.17) is 28.9 Å². The van der Waals surface area contributed by atoms with Crippen LogP contribution in [-0.4, -0.2) is 15.0 Å². The van der Waals surface area contributed by atoms with Gasteiger partial charge in [0.2, 0.25) is 0 Å². The number of nitrogens with one attached hydrogen (secondary N) is 1. The highest BCUT2D eigenvalue weighted by Gasteiger charge is 2.06. The van der Waals surface area contributed by atoms with E-state index in [0.717, 1.165) is 16.6 Å². The number of rotatable bonds is 2. The normalized spacial score (nSPS) is 10.7. The van der Waals surface area contributed by atoms with Crippen LogP contribution in [-0.2, 0) is 0 Å². The Balaban J connectivity index is 2.04. The number of nitrogen functional groups attached to an aromatic ring is 1. The summed E-state index contributed by atoms with van der Waals surface area (Å²) in [7, 11) is 0. The molecule has 0 aliphatic rings. The summed E-state index contributed by atoms with van der Waals surface area (Å²) in [5, 5.41) is 4.90. The lowest BCUT2D eigenvalue weighted by molar-refractivity contribution is 1.21. The Labute approximate surface area is 124 Å². The van der Waals surface area contributed by atoms with Crippen LogP contribution in [0.4, 0.5) is 17.3 Å². The number of nitrogens with zero attached hydrogens (tertiary/aromatic N) is 3. The SMILES string of the molecule is Nc1cc2ncnc(Nc3ccc(Cl)c(Cl)c3)c2cn1. The zero-order valence-electron chi connectivity index (χ0n) is 10.1. The van der Waals surface area contributed by atoms with Crippen LogP contribution in [0.5, 0.6) is 0 Å². The standard InChI is InChI=1S/C13H9Cl2N5/c14-9-2-1-7(3-10(9)15)20-13-8-5-17-12(16)4-11(8)18-6-19-13/h1-6H,(H2,16,17)(H,18,19,20). The first-order chi connectivity index (χ1) is 9.63. The van der Waals surface area contributed by atoms with Crippen molar-refractivity contribution in [2.24, 2.45) is 0 Å². The maximum absolute atomic E-state index is 5.99. The molecule has 0 saturated carbocycles. The average molecular weight is 306 g/mol. The molecule has 0 bridgehead atoms. The van der Waals surface area contributed by atoms with Crippen LogP contribution in [0.25, 0.3) is 10.9 Å². The lowest BCUT2D eigenvalue weighted by atomic mass is 10.2. The molecule has 5 nitrogen and oxygen atoms in total. The molecular formula is C13H9Cl2N5. The predicted octanol–water partition coefficient (Wildman–Crippen LogP) is 3.66. The van der Waals surface area contributed by atoms with Crippen molar-refractivity contribution < 1.29 is 0 Å². The number of halogens is 2. The van der Waals surface area contributed by atoms with Gasteiger partial charge < -0.3 is 11.1 Å². The Hall–Kier alpha value is -2.11. The first-order valence-corrected chi connectivity index (χ1v) is 6.47. The molecular weight excluding hydrogens is 297 g/mol. The smallest absolute Gasteiger partial charge is 0.143 e. The van der Waals surface area contributed by atoms with E-state index >= 15 is 0 Å². The molecule has 20 heavy (non-hydrogen) atoms. The summed E-state index contributed by atoms with van der Waals surface area (Å²) >= 11 is 11.9. The van der Waals surface area contributed by atoms with Gasteiger partial charge in [-0.2, -0.15) is 0 Å². The molecule has 0 spiro atoms. The highest BCUT2D eigenvalue weighted by atomic mass is 35.5. The van der Waals surface area contributed by atoms with Crippen molar-refractivity contribution in [3.63, 3.8) is 0 Å². The van der Waals surface area contributed by atoms with E-state index in [9.17, 15) is 0 Å². The second-order valence-electron chi connectivity index (χ2n) is 4.10. The molecule has 3 rings (SSSR count). The molecule has 1 aromatic carbocycles. The van der Waals surface area contributed by atoms with Gasteiger partial charge in [-0.15, -0.1) is 0 Å². The highest BCUT2D eigenvalue weighted by Crippen LogP contribution is 2.28. The third-order valence-corrected chi connectivity index (χ3v) is 3.46. The van der Waals surface area contributed by atoms with Crippen LogP contribution < -0.4 is 11.1 Å². The number of pyridine rings is 1. The second-order valence-corrected chi connectivity index (χ2v) is 4.92. The molecule has 7 heteroatoms. The van der Waals surface area contributed by atoms with Gasteiger partial charge in [-0.3, -0.25) is 0 Å². The Morgan fingerprint density at radius 3 is 2.65 bits per heavy atom. The largest absolute Gasteiger partial charge is 0.384 e. The zero-order chi connectivity index (χ0) is 14.1. The maximum atomic E-state index is 5.99. The van der Waals surface area contributed by atoms with Crippen LogP contribution in [0, 0.1) is 0 Å². The van der Waals surface area contributed by atoms with Gasteiger partial charge in [0.15, 0.2) is 0 Å². The number of hydrogen-bond acceptors (Lipinski definition) is 5. The van der Waals surface area contributed by atoms with Gasteiger partial charge in [-0.1, -0.05) is 23.2 Å². The van der Waals surface area contributed by atoms with Gasteiger partial charge in [0, 0.05) is 18.0 Å². The fraction of sp³-hybridized carbons (Fsp3) is 0. The predicted molar refractivity (Wildman–Crippen MR) is 81.5 cm³/mol. The van der Waals surface area contributed by atoms with Crippen molar-refractivity contribution in [2.75, 3.05) is 11.1 Å². The fourth-order valence-corrected chi connectivity index (χ4v) is 2.08. The van der Waals surface area contributed by atoms with Gasteiger partial charge in [-0.25, -0.2) is 15.0 Å². The van der Waals surface area contributed by atoms with E-state index in [2.05, 4.69) is 20.3 Å². The first-order valence-electron chi connectivity index (χ1n) is 5.72. The molecule has 0 amide bonds. The van der Waals surface area contributed by atoms with Gasteiger partial charge in [-0.05, 0) is 18.2 Å². The maximum Gasteiger partial charge on any atom is 0.143 e. The fourth-order valence-electron chi connectivity index (χ4n) is 1.78. The first kappa shape index (κ1) is 12.9. The molecule has 3 aromatic rings. The van der Waals surface area contributed by atoms with Crippen LogP contribution in [0.15, 0.2) is 36.8 Å². The number of benzene rings is 1. The third-order valence-electron chi connectivity index (χ3n) is 2.72. The van der Waals surface area contributed by atoms with Crippen molar-refractivity contribution in [2.45, 2.75) is 0 Å². The number of nitrogens with two attached hydrogens (primary N) is 1. The molecule has 2 heterocycles. The summed E-state index contributed by atoms with van der Waals surface area (Å²) in [5.74, 6) is 1.04. The number of aromatic nitrogens is 3. The number of fused-ring (bicyclic) bond motifs is 1. The molecule has 0 unspecified atom stereocenters. The van der Waals surface area contributed by atoms with Crippen molar-refractivity contribution in [3.05, 3.63) is 46.8 Å². The molecule has 0 atom stereocenters. The third kappa shape index (κ3) is 2.45. The second kappa shape index (κ2) is 5.11. The molecule has 0 aliphatic heterocycles. The van der Waals surface area contributed by atoms with Crippen LogP contribution >= 0.6 is 23.2 Å². The molecule has 3 N–H and O–H groups in total. The van der Waals surface area contributed by atoms with E-state index < -0.39 is 0 Å². The van der Waals surface area contributed by atoms with Gasteiger partial charge in [0.25, 0.3) is 0 Å². The lowest BCUT2D eigenvalue weighted by Gasteiger charge is -2.09. The van der Waals surface area contributed by atoms with Crippen LogP contribution in [0.1, 0.15) is 0 Å². The summed E-state index contributed by atoms with van der Waals surface area (Å²) in [4.78, 5) is 12.4. The van der Waals surface area contributed by atoms with Crippen molar-refractivity contribution in [1.29, 1.82) is 0 Å². The molecule has 0 radical (unpaired) electrons.